The van der Waals surface area contributed by atoms with Gasteiger partial charge in [-0.1, -0.05) is 18.5 Å². The molecule has 0 saturated carbocycles. The molecule has 20 heavy (non-hydrogen) atoms. The van der Waals surface area contributed by atoms with Crippen LogP contribution >= 0.6 is 11.6 Å². The molecule has 0 aromatic carbocycles. The molecular formula is C15H22ClN3O. The number of pyridine rings is 1. The van der Waals surface area contributed by atoms with Gasteiger partial charge in [0.05, 0.1) is 0 Å². The van der Waals surface area contributed by atoms with Crippen molar-refractivity contribution in [2.24, 2.45) is 5.92 Å². The highest BCUT2D eigenvalue weighted by Crippen LogP contribution is 2.15. The number of piperidine rings is 1. The maximum atomic E-state index is 12.0. The topological polar surface area (TPSA) is 45.2 Å². The maximum Gasteiger partial charge on any atom is 0.251 e. The van der Waals surface area contributed by atoms with Gasteiger partial charge in [0.25, 0.3) is 5.91 Å². The van der Waals surface area contributed by atoms with Crippen LogP contribution in [0.25, 0.3) is 0 Å². The van der Waals surface area contributed by atoms with Crippen LogP contribution in [0.4, 0.5) is 0 Å². The molecule has 0 radical (unpaired) electrons. The standard InChI is InChI=1S/C15H22ClN3O/c1-11-3-6-19(7-4-11)8-5-17-15(20)13-9-12(2)18-14(16)10-13/h9-11H,3-8H2,1-2H3,(H,17,20). The molecule has 0 spiro atoms. The summed E-state index contributed by atoms with van der Waals surface area (Å²) in [6, 6.07) is 3.36. The van der Waals surface area contributed by atoms with Crippen molar-refractivity contribution in [3.8, 4) is 0 Å². The van der Waals surface area contributed by atoms with Gasteiger partial charge in [-0.05, 0) is 50.9 Å². The summed E-state index contributed by atoms with van der Waals surface area (Å²) in [5.74, 6) is 0.755. The molecule has 1 amide bonds. The normalized spacial score (nSPS) is 17.1. The minimum absolute atomic E-state index is 0.0808. The van der Waals surface area contributed by atoms with Gasteiger partial charge < -0.3 is 10.2 Å². The summed E-state index contributed by atoms with van der Waals surface area (Å²) in [4.78, 5) is 18.5. The second-order valence-electron chi connectivity index (χ2n) is 5.60. The molecule has 110 valence electrons. The van der Waals surface area contributed by atoms with E-state index in [4.69, 9.17) is 11.6 Å². The fourth-order valence-electron chi connectivity index (χ4n) is 2.47. The summed E-state index contributed by atoms with van der Waals surface area (Å²) in [5, 5.41) is 3.31. The van der Waals surface area contributed by atoms with E-state index in [-0.39, 0.29) is 5.91 Å². The Morgan fingerprint density at radius 3 is 2.80 bits per heavy atom. The first-order valence-corrected chi connectivity index (χ1v) is 7.57. The highest BCUT2D eigenvalue weighted by atomic mass is 35.5. The van der Waals surface area contributed by atoms with Crippen molar-refractivity contribution in [2.75, 3.05) is 26.2 Å². The molecular weight excluding hydrogens is 274 g/mol. The molecule has 1 fully saturated rings. The van der Waals surface area contributed by atoms with Crippen molar-refractivity contribution in [2.45, 2.75) is 26.7 Å². The van der Waals surface area contributed by atoms with Crippen molar-refractivity contribution < 1.29 is 4.79 Å². The molecule has 5 heteroatoms. The Bertz CT molecular complexity index is 450. The van der Waals surface area contributed by atoms with E-state index in [0.29, 0.717) is 17.3 Å². The van der Waals surface area contributed by atoms with Gasteiger partial charge in [-0.2, -0.15) is 0 Å². The lowest BCUT2D eigenvalue weighted by Crippen LogP contribution is -2.39. The monoisotopic (exact) mass is 295 g/mol. The first-order chi connectivity index (χ1) is 9.54. The van der Waals surface area contributed by atoms with Crippen molar-refractivity contribution in [3.63, 3.8) is 0 Å². The van der Waals surface area contributed by atoms with Crippen LogP contribution in [0.15, 0.2) is 12.1 Å². The average molecular weight is 296 g/mol. The summed E-state index contributed by atoms with van der Waals surface area (Å²) < 4.78 is 0. The highest BCUT2D eigenvalue weighted by Gasteiger charge is 2.15. The van der Waals surface area contributed by atoms with Crippen molar-refractivity contribution in [1.82, 2.24) is 15.2 Å². The van der Waals surface area contributed by atoms with Crippen LogP contribution in [0.5, 0.6) is 0 Å². The third-order valence-electron chi connectivity index (χ3n) is 3.77. The second-order valence-corrected chi connectivity index (χ2v) is 5.99. The van der Waals surface area contributed by atoms with E-state index in [0.717, 1.165) is 31.2 Å². The minimum atomic E-state index is -0.0808. The summed E-state index contributed by atoms with van der Waals surface area (Å²) in [6.07, 6.45) is 2.51. The molecule has 0 aliphatic carbocycles. The van der Waals surface area contributed by atoms with Crippen molar-refractivity contribution in [3.05, 3.63) is 28.5 Å². The number of carbonyl (C=O) groups is 1. The lowest BCUT2D eigenvalue weighted by atomic mass is 9.99. The van der Waals surface area contributed by atoms with Gasteiger partial charge in [0, 0.05) is 24.3 Å². The molecule has 1 aliphatic heterocycles. The van der Waals surface area contributed by atoms with Gasteiger partial charge in [-0.25, -0.2) is 4.98 Å². The van der Waals surface area contributed by atoms with Crippen LogP contribution in [0, 0.1) is 12.8 Å². The molecule has 2 rings (SSSR count). The van der Waals surface area contributed by atoms with Crippen molar-refractivity contribution >= 4 is 17.5 Å². The number of nitrogens with one attached hydrogen (secondary N) is 1. The van der Waals surface area contributed by atoms with E-state index < -0.39 is 0 Å². The predicted molar refractivity (Wildman–Crippen MR) is 81.2 cm³/mol. The number of carbonyl (C=O) groups excluding carboxylic acids is 1. The van der Waals surface area contributed by atoms with Crippen LogP contribution in [0.3, 0.4) is 0 Å². The summed E-state index contributed by atoms with van der Waals surface area (Å²) in [6.45, 7) is 7.99. The summed E-state index contributed by atoms with van der Waals surface area (Å²) in [7, 11) is 0. The van der Waals surface area contributed by atoms with Gasteiger partial charge in [-0.15, -0.1) is 0 Å². The molecule has 2 heterocycles. The molecule has 1 aromatic heterocycles. The summed E-state index contributed by atoms with van der Waals surface area (Å²) >= 11 is 5.86. The number of halogens is 1. The molecule has 1 saturated heterocycles. The number of hydrogen-bond acceptors (Lipinski definition) is 3. The SMILES string of the molecule is Cc1cc(C(=O)NCCN2CCC(C)CC2)cc(Cl)n1. The zero-order valence-corrected chi connectivity index (χ0v) is 12.9. The first-order valence-electron chi connectivity index (χ1n) is 7.19. The number of hydrogen-bond donors (Lipinski definition) is 1. The fourth-order valence-corrected chi connectivity index (χ4v) is 2.73. The predicted octanol–water partition coefficient (Wildman–Crippen LogP) is 2.51. The largest absolute Gasteiger partial charge is 0.351 e. The lowest BCUT2D eigenvalue weighted by Gasteiger charge is -2.30. The minimum Gasteiger partial charge on any atom is -0.351 e. The second kappa shape index (κ2) is 7.04. The Balaban J connectivity index is 1.77. The van der Waals surface area contributed by atoms with Crippen LogP contribution in [0.2, 0.25) is 5.15 Å². The number of likely N-dealkylation sites (tertiary alicyclic amines) is 1. The van der Waals surface area contributed by atoms with E-state index in [2.05, 4.69) is 22.1 Å². The quantitative estimate of drug-likeness (QED) is 0.868. The molecule has 0 bridgehead atoms. The number of nitrogens with zero attached hydrogens (tertiary/aromatic N) is 2. The van der Waals surface area contributed by atoms with Gasteiger partial charge in [0.1, 0.15) is 5.15 Å². The first kappa shape index (κ1) is 15.3. The molecule has 4 nitrogen and oxygen atoms in total. The van der Waals surface area contributed by atoms with E-state index in [1.807, 2.05) is 6.92 Å². The Morgan fingerprint density at radius 1 is 1.45 bits per heavy atom. The maximum absolute atomic E-state index is 12.0. The third-order valence-corrected chi connectivity index (χ3v) is 3.97. The van der Waals surface area contributed by atoms with Crippen LogP contribution < -0.4 is 5.32 Å². The average Bonchev–Trinajstić information content (AvgIpc) is 2.40. The number of aromatic nitrogens is 1. The lowest BCUT2D eigenvalue weighted by molar-refractivity contribution is 0.0944. The Labute approximate surface area is 125 Å². The number of amides is 1. The molecule has 1 aromatic rings. The number of rotatable bonds is 4. The van der Waals surface area contributed by atoms with E-state index in [9.17, 15) is 4.79 Å². The van der Waals surface area contributed by atoms with Gasteiger partial charge in [0.2, 0.25) is 0 Å². The van der Waals surface area contributed by atoms with Gasteiger partial charge in [-0.3, -0.25) is 4.79 Å². The number of aryl methyl sites for hydroxylation is 1. The van der Waals surface area contributed by atoms with E-state index >= 15 is 0 Å². The fraction of sp³-hybridized carbons (Fsp3) is 0.600. The van der Waals surface area contributed by atoms with E-state index in [1.165, 1.54) is 12.8 Å². The van der Waals surface area contributed by atoms with Gasteiger partial charge in [0.15, 0.2) is 0 Å². The van der Waals surface area contributed by atoms with Gasteiger partial charge >= 0.3 is 0 Å². The van der Waals surface area contributed by atoms with E-state index in [1.54, 1.807) is 12.1 Å². The Hall–Kier alpha value is -1.13. The van der Waals surface area contributed by atoms with Crippen LogP contribution in [-0.4, -0.2) is 42.0 Å². The zero-order chi connectivity index (χ0) is 14.5. The Kier molecular flexibility index (Phi) is 5.38. The molecule has 0 unspecified atom stereocenters. The smallest absolute Gasteiger partial charge is 0.251 e. The molecule has 0 atom stereocenters. The Morgan fingerprint density at radius 2 is 2.15 bits per heavy atom. The third kappa shape index (κ3) is 4.46. The molecule has 1 aliphatic rings. The van der Waals surface area contributed by atoms with Crippen molar-refractivity contribution in [1.29, 1.82) is 0 Å². The van der Waals surface area contributed by atoms with Crippen LogP contribution in [0.1, 0.15) is 35.8 Å². The zero-order valence-electron chi connectivity index (χ0n) is 12.2. The highest BCUT2D eigenvalue weighted by molar-refractivity contribution is 6.29. The summed E-state index contributed by atoms with van der Waals surface area (Å²) in [5.41, 5.74) is 1.34. The molecule has 1 N–H and O–H groups in total. The van der Waals surface area contributed by atoms with Crippen LogP contribution in [-0.2, 0) is 0 Å².